The van der Waals surface area contributed by atoms with Crippen LogP contribution in [0.5, 0.6) is 11.5 Å². The van der Waals surface area contributed by atoms with Crippen molar-refractivity contribution in [3.63, 3.8) is 0 Å². The van der Waals surface area contributed by atoms with E-state index < -0.39 is 0 Å². The zero-order valence-electron chi connectivity index (χ0n) is 17.3. The van der Waals surface area contributed by atoms with Crippen LogP contribution in [0.1, 0.15) is 15.9 Å². The van der Waals surface area contributed by atoms with Gasteiger partial charge in [-0.15, -0.1) is 0 Å². The van der Waals surface area contributed by atoms with E-state index in [-0.39, 0.29) is 12.6 Å². The second-order valence-electron chi connectivity index (χ2n) is 7.12. The SMILES string of the molecule is COc1cc2cc3c(c(-c4cnc(N=CCN(C)C)cn4)c2cc1OC)C(=O)OC3. The fraction of sp³-hybridized carbons (Fsp3) is 0.273. The van der Waals surface area contributed by atoms with Crippen LogP contribution in [0.25, 0.3) is 22.0 Å². The van der Waals surface area contributed by atoms with Crippen LogP contribution in [-0.2, 0) is 11.3 Å². The van der Waals surface area contributed by atoms with Gasteiger partial charge in [0.2, 0.25) is 0 Å². The quantitative estimate of drug-likeness (QED) is 0.459. The van der Waals surface area contributed by atoms with E-state index in [4.69, 9.17) is 14.2 Å². The summed E-state index contributed by atoms with van der Waals surface area (Å²) in [5.41, 5.74) is 2.55. The molecule has 0 N–H and O–H groups in total. The average Bonchev–Trinajstić information content (AvgIpc) is 3.11. The number of aromatic nitrogens is 2. The highest BCUT2D eigenvalue weighted by Gasteiger charge is 2.29. The molecule has 0 radical (unpaired) electrons. The molecule has 0 fully saturated rings. The lowest BCUT2D eigenvalue weighted by Gasteiger charge is -2.14. The fourth-order valence-electron chi connectivity index (χ4n) is 3.43. The molecule has 0 amide bonds. The number of ether oxygens (including phenoxy) is 3. The van der Waals surface area contributed by atoms with Gasteiger partial charge in [0.1, 0.15) is 6.61 Å². The Kier molecular flexibility index (Phi) is 5.33. The summed E-state index contributed by atoms with van der Waals surface area (Å²) >= 11 is 0. The van der Waals surface area contributed by atoms with E-state index in [0.717, 1.165) is 16.3 Å². The number of fused-ring (bicyclic) bond motifs is 2. The smallest absolute Gasteiger partial charge is 0.339 e. The topological polar surface area (TPSA) is 86.1 Å². The maximum absolute atomic E-state index is 12.5. The molecule has 154 valence electrons. The predicted molar refractivity (Wildman–Crippen MR) is 114 cm³/mol. The Morgan fingerprint density at radius 3 is 2.53 bits per heavy atom. The minimum Gasteiger partial charge on any atom is -0.493 e. The molecule has 1 aliphatic rings. The third kappa shape index (κ3) is 3.57. The minimum atomic E-state index is -0.369. The molecule has 0 saturated carbocycles. The number of cyclic esters (lactones) is 1. The molecule has 3 aromatic rings. The van der Waals surface area contributed by atoms with E-state index in [1.165, 1.54) is 0 Å². The van der Waals surface area contributed by atoms with Gasteiger partial charge in [0.05, 0.1) is 37.9 Å². The number of methoxy groups -OCH3 is 2. The van der Waals surface area contributed by atoms with Gasteiger partial charge in [0.25, 0.3) is 0 Å². The zero-order chi connectivity index (χ0) is 21.3. The average molecular weight is 406 g/mol. The van der Waals surface area contributed by atoms with Gasteiger partial charge in [0, 0.05) is 23.9 Å². The third-order valence-electron chi connectivity index (χ3n) is 4.85. The number of nitrogens with zero attached hydrogens (tertiary/aromatic N) is 4. The molecule has 0 atom stereocenters. The van der Waals surface area contributed by atoms with Gasteiger partial charge in [-0.2, -0.15) is 0 Å². The highest BCUT2D eigenvalue weighted by atomic mass is 16.5. The van der Waals surface area contributed by atoms with Gasteiger partial charge in [-0.05, 0) is 43.1 Å². The van der Waals surface area contributed by atoms with Gasteiger partial charge in [0.15, 0.2) is 17.3 Å². The Labute approximate surface area is 174 Å². The van der Waals surface area contributed by atoms with Crippen molar-refractivity contribution in [2.24, 2.45) is 4.99 Å². The molecule has 2 aromatic carbocycles. The molecule has 1 aromatic heterocycles. The van der Waals surface area contributed by atoms with Crippen molar-refractivity contribution in [2.75, 3.05) is 34.9 Å². The van der Waals surface area contributed by atoms with Crippen LogP contribution < -0.4 is 9.47 Å². The number of hydrogen-bond donors (Lipinski definition) is 0. The van der Waals surface area contributed by atoms with Gasteiger partial charge < -0.3 is 19.1 Å². The molecule has 4 rings (SSSR count). The molecule has 8 heteroatoms. The van der Waals surface area contributed by atoms with Crippen LogP contribution in [0.3, 0.4) is 0 Å². The summed E-state index contributed by atoms with van der Waals surface area (Å²) < 4.78 is 16.2. The number of aliphatic imine (C=N–C) groups is 1. The Bertz CT molecular complexity index is 1140. The van der Waals surface area contributed by atoms with Crippen molar-refractivity contribution in [1.29, 1.82) is 0 Å². The van der Waals surface area contributed by atoms with E-state index in [0.29, 0.717) is 40.7 Å². The van der Waals surface area contributed by atoms with E-state index >= 15 is 0 Å². The Hall–Kier alpha value is -3.52. The molecule has 8 nitrogen and oxygen atoms in total. The minimum absolute atomic E-state index is 0.228. The number of carbonyl (C=O) groups excluding carboxylic acids is 1. The normalized spacial score (nSPS) is 13.2. The molecule has 0 unspecified atom stereocenters. The summed E-state index contributed by atoms with van der Waals surface area (Å²) in [4.78, 5) is 27.7. The number of rotatable bonds is 6. The number of benzene rings is 2. The Morgan fingerprint density at radius 2 is 1.87 bits per heavy atom. The zero-order valence-corrected chi connectivity index (χ0v) is 17.3. The predicted octanol–water partition coefficient (Wildman–Crippen LogP) is 3.25. The van der Waals surface area contributed by atoms with Gasteiger partial charge in [-0.3, -0.25) is 4.98 Å². The number of esters is 1. The van der Waals surface area contributed by atoms with Crippen molar-refractivity contribution in [3.8, 4) is 22.8 Å². The molecule has 2 heterocycles. The van der Waals surface area contributed by atoms with Gasteiger partial charge in [-0.25, -0.2) is 14.8 Å². The largest absolute Gasteiger partial charge is 0.493 e. The van der Waals surface area contributed by atoms with Gasteiger partial charge >= 0.3 is 5.97 Å². The summed E-state index contributed by atoms with van der Waals surface area (Å²) in [6, 6.07) is 5.67. The van der Waals surface area contributed by atoms with Crippen LogP contribution in [0, 0.1) is 0 Å². The lowest BCUT2D eigenvalue weighted by atomic mass is 9.93. The maximum Gasteiger partial charge on any atom is 0.339 e. The highest BCUT2D eigenvalue weighted by molar-refractivity contribution is 6.10. The molecule has 0 spiro atoms. The van der Waals surface area contributed by atoms with Crippen LogP contribution in [0.4, 0.5) is 5.82 Å². The summed E-state index contributed by atoms with van der Waals surface area (Å²) in [6.45, 7) is 0.930. The first-order valence-corrected chi connectivity index (χ1v) is 9.40. The van der Waals surface area contributed by atoms with Crippen molar-refractivity contribution in [3.05, 3.63) is 41.7 Å². The summed E-state index contributed by atoms with van der Waals surface area (Å²) in [5.74, 6) is 1.30. The first kappa shape index (κ1) is 19.8. The molecule has 0 aliphatic carbocycles. The van der Waals surface area contributed by atoms with Crippen molar-refractivity contribution in [2.45, 2.75) is 6.61 Å². The van der Waals surface area contributed by atoms with Crippen LogP contribution in [0.15, 0.2) is 35.6 Å². The molecular weight excluding hydrogens is 384 g/mol. The van der Waals surface area contributed by atoms with Gasteiger partial charge in [-0.1, -0.05) is 0 Å². The molecule has 30 heavy (non-hydrogen) atoms. The molecule has 1 aliphatic heterocycles. The Morgan fingerprint density at radius 1 is 1.10 bits per heavy atom. The van der Waals surface area contributed by atoms with Crippen molar-refractivity contribution >= 4 is 28.8 Å². The highest BCUT2D eigenvalue weighted by Crippen LogP contribution is 2.41. The van der Waals surface area contributed by atoms with E-state index in [1.807, 2.05) is 37.2 Å². The van der Waals surface area contributed by atoms with E-state index in [2.05, 4.69) is 15.0 Å². The summed E-state index contributed by atoms with van der Waals surface area (Å²) in [6.07, 6.45) is 4.99. The molecule has 0 saturated heterocycles. The number of hydrogen-bond acceptors (Lipinski definition) is 8. The van der Waals surface area contributed by atoms with E-state index in [1.54, 1.807) is 32.8 Å². The monoisotopic (exact) mass is 406 g/mol. The second kappa shape index (κ2) is 8.08. The fourth-order valence-corrected chi connectivity index (χ4v) is 3.43. The first-order chi connectivity index (χ1) is 14.5. The Balaban J connectivity index is 1.87. The molecule has 0 bridgehead atoms. The second-order valence-corrected chi connectivity index (χ2v) is 7.12. The standard InChI is InChI=1S/C22H22N4O4/c1-26(2)6-5-23-19-11-24-16(10-25-19)21-15-9-18(29-4)17(28-3)8-13(15)7-14-12-30-22(27)20(14)21/h5,7-11H,6,12H2,1-4H3. The van der Waals surface area contributed by atoms with E-state index in [9.17, 15) is 4.79 Å². The summed E-state index contributed by atoms with van der Waals surface area (Å²) in [7, 11) is 7.09. The van der Waals surface area contributed by atoms with Crippen LogP contribution in [0.2, 0.25) is 0 Å². The van der Waals surface area contributed by atoms with Crippen LogP contribution in [-0.4, -0.2) is 61.9 Å². The lowest BCUT2D eigenvalue weighted by Crippen LogP contribution is -2.13. The van der Waals surface area contributed by atoms with Crippen molar-refractivity contribution in [1.82, 2.24) is 14.9 Å². The molecular formula is C22H22N4O4. The summed E-state index contributed by atoms with van der Waals surface area (Å²) in [5, 5.41) is 1.71. The van der Waals surface area contributed by atoms with Crippen molar-refractivity contribution < 1.29 is 19.0 Å². The third-order valence-corrected chi connectivity index (χ3v) is 4.85. The van der Waals surface area contributed by atoms with Crippen LogP contribution >= 0.6 is 0 Å². The first-order valence-electron chi connectivity index (χ1n) is 9.40. The maximum atomic E-state index is 12.5. The lowest BCUT2D eigenvalue weighted by molar-refractivity contribution is 0.0535. The number of carbonyl (C=O) groups is 1.